The lowest BCUT2D eigenvalue weighted by Crippen LogP contribution is -2.35. The summed E-state index contributed by atoms with van der Waals surface area (Å²) in [6, 6.07) is 4.36. The van der Waals surface area contributed by atoms with E-state index in [9.17, 15) is 5.11 Å². The number of phenols is 1. The number of furan rings is 2. The molecule has 1 unspecified atom stereocenters. The average molecular weight is 299 g/mol. The molecule has 4 heteroatoms. The minimum absolute atomic E-state index is 0.190. The fraction of sp³-hybridized carbons (Fsp3) is 0.444. The first-order valence-corrected chi connectivity index (χ1v) is 8.01. The summed E-state index contributed by atoms with van der Waals surface area (Å²) in [7, 11) is 0. The van der Waals surface area contributed by atoms with Crippen LogP contribution in [-0.2, 0) is 6.42 Å². The molecule has 116 valence electrons. The molecule has 0 saturated carbocycles. The quantitative estimate of drug-likeness (QED) is 0.745. The van der Waals surface area contributed by atoms with Crippen molar-refractivity contribution >= 4 is 21.9 Å². The number of phenolic OH excluding ortho intramolecular Hbond substituents is 1. The van der Waals surface area contributed by atoms with Crippen LogP contribution in [0.25, 0.3) is 21.9 Å². The molecule has 2 N–H and O–H groups in total. The number of benzene rings is 1. The van der Waals surface area contributed by atoms with Crippen LogP contribution in [0.5, 0.6) is 5.75 Å². The van der Waals surface area contributed by atoms with Crippen molar-refractivity contribution in [1.29, 1.82) is 0 Å². The van der Waals surface area contributed by atoms with E-state index < -0.39 is 0 Å². The third-order valence-electron chi connectivity index (χ3n) is 4.64. The van der Waals surface area contributed by atoms with E-state index in [-0.39, 0.29) is 5.75 Å². The van der Waals surface area contributed by atoms with E-state index >= 15 is 0 Å². The Morgan fingerprint density at radius 2 is 1.82 bits per heavy atom. The first kappa shape index (κ1) is 13.7. The summed E-state index contributed by atoms with van der Waals surface area (Å²) in [5.41, 5.74) is 2.53. The standard InChI is InChI=1S/C18H21NO3/c1-10-7-13-14(9-12-5-3-4-6-19-12)17-15(8-11(2)21-17)16(20)18(13)22-10/h7-8,12,19-20H,3-6,9H2,1-2H3. The third kappa shape index (κ3) is 2.10. The van der Waals surface area contributed by atoms with Gasteiger partial charge in [0, 0.05) is 17.0 Å². The van der Waals surface area contributed by atoms with Crippen LogP contribution in [-0.4, -0.2) is 17.7 Å². The lowest BCUT2D eigenvalue weighted by Gasteiger charge is -2.23. The number of fused-ring (bicyclic) bond motifs is 2. The van der Waals surface area contributed by atoms with Gasteiger partial charge in [0.2, 0.25) is 0 Å². The zero-order valence-corrected chi connectivity index (χ0v) is 13.0. The van der Waals surface area contributed by atoms with E-state index in [1.165, 1.54) is 19.3 Å². The largest absolute Gasteiger partial charge is 0.504 e. The second-order valence-electron chi connectivity index (χ2n) is 6.38. The summed E-state index contributed by atoms with van der Waals surface area (Å²) in [5.74, 6) is 1.82. The van der Waals surface area contributed by atoms with Crippen molar-refractivity contribution in [3.05, 3.63) is 29.2 Å². The summed E-state index contributed by atoms with van der Waals surface area (Å²) >= 11 is 0. The van der Waals surface area contributed by atoms with Crippen LogP contribution >= 0.6 is 0 Å². The van der Waals surface area contributed by atoms with Crippen LogP contribution < -0.4 is 5.32 Å². The van der Waals surface area contributed by atoms with Gasteiger partial charge in [0.25, 0.3) is 0 Å². The molecule has 4 nitrogen and oxygen atoms in total. The van der Waals surface area contributed by atoms with Crippen LogP contribution in [0.3, 0.4) is 0 Å². The van der Waals surface area contributed by atoms with E-state index in [1.807, 2.05) is 26.0 Å². The molecule has 1 aliphatic rings. The normalized spacial score (nSPS) is 19.3. The van der Waals surface area contributed by atoms with Gasteiger partial charge in [0.15, 0.2) is 11.3 Å². The number of hydrogen-bond acceptors (Lipinski definition) is 4. The van der Waals surface area contributed by atoms with Crippen molar-refractivity contribution in [2.24, 2.45) is 0 Å². The van der Waals surface area contributed by atoms with E-state index in [1.54, 1.807) is 0 Å². The summed E-state index contributed by atoms with van der Waals surface area (Å²) in [4.78, 5) is 0. The maximum atomic E-state index is 10.5. The second-order valence-corrected chi connectivity index (χ2v) is 6.38. The van der Waals surface area contributed by atoms with E-state index in [2.05, 4.69) is 5.32 Å². The molecule has 1 atom stereocenters. The monoisotopic (exact) mass is 299 g/mol. The summed E-state index contributed by atoms with van der Waals surface area (Å²) in [5, 5.41) is 15.8. The molecule has 0 aliphatic carbocycles. The SMILES string of the molecule is Cc1cc2c(CC3CCCCN3)c3oc(C)cc3c(O)c2o1. The van der Waals surface area contributed by atoms with Crippen molar-refractivity contribution in [1.82, 2.24) is 5.32 Å². The molecule has 2 aromatic heterocycles. The predicted molar refractivity (Wildman–Crippen MR) is 86.5 cm³/mol. The maximum Gasteiger partial charge on any atom is 0.177 e. The molecule has 1 aromatic carbocycles. The van der Waals surface area contributed by atoms with Gasteiger partial charge in [-0.25, -0.2) is 0 Å². The topological polar surface area (TPSA) is 58.5 Å². The molecule has 1 aliphatic heterocycles. The lowest BCUT2D eigenvalue weighted by atomic mass is 9.94. The molecule has 22 heavy (non-hydrogen) atoms. The van der Waals surface area contributed by atoms with Crippen LogP contribution in [0.2, 0.25) is 0 Å². The Labute approximate surface area is 129 Å². The molecule has 0 radical (unpaired) electrons. The molecule has 3 heterocycles. The molecule has 0 spiro atoms. The Morgan fingerprint density at radius 1 is 1.09 bits per heavy atom. The minimum atomic E-state index is 0.190. The summed E-state index contributed by atoms with van der Waals surface area (Å²) < 4.78 is 11.6. The van der Waals surface area contributed by atoms with Gasteiger partial charge in [0.05, 0.1) is 5.39 Å². The second kappa shape index (κ2) is 5.06. The summed E-state index contributed by atoms with van der Waals surface area (Å²) in [6.07, 6.45) is 4.60. The van der Waals surface area contributed by atoms with Gasteiger partial charge in [-0.1, -0.05) is 6.42 Å². The van der Waals surface area contributed by atoms with E-state index in [0.29, 0.717) is 11.6 Å². The highest BCUT2D eigenvalue weighted by atomic mass is 16.4. The zero-order valence-electron chi connectivity index (χ0n) is 13.0. The van der Waals surface area contributed by atoms with Crippen molar-refractivity contribution in [3.8, 4) is 5.75 Å². The number of piperidine rings is 1. The Morgan fingerprint density at radius 3 is 2.55 bits per heavy atom. The third-order valence-corrected chi connectivity index (χ3v) is 4.64. The van der Waals surface area contributed by atoms with E-state index in [0.717, 1.165) is 46.4 Å². The van der Waals surface area contributed by atoms with Crippen LogP contribution in [0, 0.1) is 13.8 Å². The van der Waals surface area contributed by atoms with Crippen molar-refractivity contribution in [2.45, 2.75) is 45.6 Å². The fourth-order valence-electron chi connectivity index (χ4n) is 3.62. The smallest absolute Gasteiger partial charge is 0.177 e. The van der Waals surface area contributed by atoms with Crippen LogP contribution in [0.4, 0.5) is 0 Å². The fourth-order valence-corrected chi connectivity index (χ4v) is 3.62. The first-order chi connectivity index (χ1) is 10.6. The van der Waals surface area contributed by atoms with E-state index in [4.69, 9.17) is 8.83 Å². The highest BCUT2D eigenvalue weighted by Crippen LogP contribution is 2.41. The number of rotatable bonds is 2. The lowest BCUT2D eigenvalue weighted by molar-refractivity contribution is 0.399. The van der Waals surface area contributed by atoms with Gasteiger partial charge < -0.3 is 19.3 Å². The molecule has 4 rings (SSSR count). The van der Waals surface area contributed by atoms with Gasteiger partial charge in [-0.3, -0.25) is 0 Å². The van der Waals surface area contributed by atoms with Crippen molar-refractivity contribution in [3.63, 3.8) is 0 Å². The van der Waals surface area contributed by atoms with Gasteiger partial charge in [-0.15, -0.1) is 0 Å². The Bertz CT molecular complexity index is 779. The molecular formula is C18H21NO3. The molecular weight excluding hydrogens is 278 g/mol. The van der Waals surface area contributed by atoms with Gasteiger partial charge in [-0.2, -0.15) is 0 Å². The van der Waals surface area contributed by atoms with Crippen molar-refractivity contribution < 1.29 is 13.9 Å². The molecule has 1 fully saturated rings. The highest BCUT2D eigenvalue weighted by Gasteiger charge is 2.23. The van der Waals surface area contributed by atoms with Gasteiger partial charge >= 0.3 is 0 Å². The summed E-state index contributed by atoms with van der Waals surface area (Å²) in [6.45, 7) is 4.90. The van der Waals surface area contributed by atoms with Gasteiger partial charge in [0.1, 0.15) is 17.1 Å². The first-order valence-electron chi connectivity index (χ1n) is 8.01. The Balaban J connectivity index is 1.93. The van der Waals surface area contributed by atoms with Crippen LogP contribution in [0.1, 0.15) is 36.3 Å². The number of aryl methyl sites for hydroxylation is 2. The minimum Gasteiger partial charge on any atom is -0.504 e. The number of nitrogens with one attached hydrogen (secondary N) is 1. The Hall–Kier alpha value is -1.94. The highest BCUT2D eigenvalue weighted by molar-refractivity contribution is 6.04. The molecule has 3 aromatic rings. The van der Waals surface area contributed by atoms with Crippen molar-refractivity contribution in [2.75, 3.05) is 6.54 Å². The molecule has 0 amide bonds. The molecule has 0 bridgehead atoms. The zero-order chi connectivity index (χ0) is 15.3. The van der Waals surface area contributed by atoms with Gasteiger partial charge in [-0.05, 0) is 51.8 Å². The maximum absolute atomic E-state index is 10.5. The predicted octanol–water partition coefficient (Wildman–Crippen LogP) is 4.19. The van der Waals surface area contributed by atoms with Crippen LogP contribution in [0.15, 0.2) is 21.0 Å². The Kier molecular flexibility index (Phi) is 3.15. The average Bonchev–Trinajstić information content (AvgIpc) is 3.08. The number of hydrogen-bond donors (Lipinski definition) is 2. The number of aromatic hydroxyl groups is 1. The molecule has 1 saturated heterocycles.